The summed E-state index contributed by atoms with van der Waals surface area (Å²) >= 11 is 5.55. The fourth-order valence-electron chi connectivity index (χ4n) is 3.07. The van der Waals surface area contributed by atoms with Crippen LogP contribution < -0.4 is 10.5 Å². The Hall–Kier alpha value is -2.32. The third-order valence-electron chi connectivity index (χ3n) is 4.63. The maximum atomic E-state index is 12.3. The molecule has 0 saturated carbocycles. The third kappa shape index (κ3) is 6.38. The van der Waals surface area contributed by atoms with E-state index in [1.807, 2.05) is 0 Å². The zero-order valence-corrected chi connectivity index (χ0v) is 20.4. The Balaban J connectivity index is 0.000000234. The van der Waals surface area contributed by atoms with Crippen molar-refractivity contribution in [3.8, 4) is 11.5 Å². The first kappa shape index (κ1) is 26.9. The van der Waals surface area contributed by atoms with Gasteiger partial charge in [0.05, 0.1) is 17.7 Å². The van der Waals surface area contributed by atoms with E-state index in [0.29, 0.717) is 13.1 Å². The number of rotatable bonds is 5. The molecule has 0 unspecified atom stereocenters. The van der Waals surface area contributed by atoms with Gasteiger partial charge in [0.25, 0.3) is 9.05 Å². The lowest BCUT2D eigenvalue weighted by Gasteiger charge is -2.26. The molecule has 2 aromatic carbocycles. The number of nitro groups is 1. The first-order valence-electron chi connectivity index (χ1n) is 9.35. The summed E-state index contributed by atoms with van der Waals surface area (Å²) in [5.74, 6) is -0.789. The molecule has 1 fully saturated rings. The number of nitrogens with two attached hydrogens (primary N) is 1. The van der Waals surface area contributed by atoms with E-state index in [0.717, 1.165) is 38.5 Å². The summed E-state index contributed by atoms with van der Waals surface area (Å²) in [7, 11) is -1.58. The van der Waals surface area contributed by atoms with Gasteiger partial charge in [-0.1, -0.05) is 24.1 Å². The minimum atomic E-state index is -4.17. The van der Waals surface area contributed by atoms with Crippen LogP contribution in [0.2, 0.25) is 5.02 Å². The highest BCUT2D eigenvalue weighted by Gasteiger charge is 2.29. The number of aromatic hydroxyl groups is 1. The number of phenols is 1. The second-order valence-electron chi connectivity index (χ2n) is 6.81. The average Bonchev–Trinajstić information content (AvgIpc) is 2.75. The number of methoxy groups -OCH3 is 1. The Morgan fingerprint density at radius 2 is 1.73 bits per heavy atom. The van der Waals surface area contributed by atoms with Crippen LogP contribution in [0, 0.1) is 10.1 Å². The minimum absolute atomic E-state index is 0.0862. The molecule has 1 aliphatic heterocycles. The van der Waals surface area contributed by atoms with Crippen molar-refractivity contribution in [1.82, 2.24) is 4.31 Å². The number of nitrogen functional groups attached to an aromatic ring is 1. The van der Waals surface area contributed by atoms with E-state index in [4.69, 9.17) is 28.0 Å². The number of sulfonamides is 1. The van der Waals surface area contributed by atoms with Crippen LogP contribution in [0.5, 0.6) is 11.5 Å². The zero-order valence-electron chi connectivity index (χ0n) is 17.3. The first-order valence-corrected chi connectivity index (χ1v) is 13.5. The molecule has 0 amide bonds. The minimum Gasteiger partial charge on any atom is -0.504 e. The Bertz CT molecular complexity index is 1250. The van der Waals surface area contributed by atoms with Crippen molar-refractivity contribution in [1.29, 1.82) is 0 Å². The van der Waals surface area contributed by atoms with Crippen LogP contribution >= 0.6 is 22.3 Å². The summed E-state index contributed by atoms with van der Waals surface area (Å²) in [6.07, 6.45) is 2.78. The van der Waals surface area contributed by atoms with Crippen molar-refractivity contribution in [2.24, 2.45) is 0 Å². The molecule has 0 atom stereocenters. The number of nitro benzene ring substituents is 1. The predicted octanol–water partition coefficient (Wildman–Crippen LogP) is 3.33. The SMILES string of the molecule is COc1c([N+](=O)[O-])cc(Cl)cc1S(=O)(=O)Cl.Nc1cccc(S(=O)(=O)N2CCCCC2)c1O. The first-order chi connectivity index (χ1) is 15.3. The highest BCUT2D eigenvalue weighted by Crippen LogP contribution is 2.38. The Morgan fingerprint density at radius 3 is 2.24 bits per heavy atom. The number of hydrogen-bond acceptors (Lipinski definition) is 9. The molecule has 0 aromatic heterocycles. The molecule has 33 heavy (non-hydrogen) atoms. The highest BCUT2D eigenvalue weighted by atomic mass is 35.7. The smallest absolute Gasteiger partial charge is 0.313 e. The fraction of sp³-hybridized carbons (Fsp3) is 0.333. The van der Waals surface area contributed by atoms with E-state index < -0.39 is 40.3 Å². The van der Waals surface area contributed by atoms with Gasteiger partial charge in [-0.15, -0.1) is 0 Å². The molecule has 1 heterocycles. The number of para-hydroxylation sites is 1. The summed E-state index contributed by atoms with van der Waals surface area (Å²) < 4.78 is 52.9. The van der Waals surface area contributed by atoms with Gasteiger partial charge < -0.3 is 15.6 Å². The lowest BCUT2D eigenvalue weighted by Crippen LogP contribution is -2.35. The van der Waals surface area contributed by atoms with Crippen molar-refractivity contribution in [2.75, 3.05) is 25.9 Å². The van der Waals surface area contributed by atoms with Crippen LogP contribution in [-0.2, 0) is 19.1 Å². The molecule has 11 nitrogen and oxygen atoms in total. The standard InChI is InChI=1S/C11H16N2O3S.C7H5Cl2NO5S/c12-9-5-4-6-10(11(9)14)17(15,16)13-7-2-1-3-8-13;1-15-7-5(10(11)12)2-4(8)3-6(7)16(9,13)14/h4-6,14H,1-3,7-8,12H2;2-3H,1H3. The van der Waals surface area contributed by atoms with Crippen molar-refractivity contribution in [3.63, 3.8) is 0 Å². The highest BCUT2D eigenvalue weighted by molar-refractivity contribution is 8.13. The topological polar surface area (TPSA) is 170 Å². The fourth-order valence-corrected chi connectivity index (χ4v) is 6.00. The number of piperidine rings is 1. The van der Waals surface area contributed by atoms with E-state index in [-0.39, 0.29) is 21.4 Å². The second kappa shape index (κ2) is 10.7. The van der Waals surface area contributed by atoms with E-state index in [1.165, 1.54) is 22.5 Å². The van der Waals surface area contributed by atoms with Crippen molar-refractivity contribution < 1.29 is 31.6 Å². The van der Waals surface area contributed by atoms with E-state index in [1.54, 1.807) is 0 Å². The Labute approximate surface area is 200 Å². The van der Waals surface area contributed by atoms with Crippen LogP contribution in [0.4, 0.5) is 11.4 Å². The molecule has 0 bridgehead atoms. The summed E-state index contributed by atoms with van der Waals surface area (Å²) in [5.41, 5.74) is 5.04. The molecule has 0 radical (unpaired) electrons. The molecular formula is C18H21Cl2N3O8S2. The predicted molar refractivity (Wildman–Crippen MR) is 123 cm³/mol. The van der Waals surface area contributed by atoms with Crippen LogP contribution in [0.1, 0.15) is 19.3 Å². The van der Waals surface area contributed by atoms with Crippen LogP contribution in [-0.4, -0.2) is 51.4 Å². The molecule has 2 aromatic rings. The summed E-state index contributed by atoms with van der Waals surface area (Å²) in [6, 6.07) is 6.35. The Morgan fingerprint density at radius 1 is 1.12 bits per heavy atom. The van der Waals surface area contributed by atoms with Gasteiger partial charge in [0, 0.05) is 34.9 Å². The molecule has 1 saturated heterocycles. The summed E-state index contributed by atoms with van der Waals surface area (Å²) in [6.45, 7) is 1.02. The van der Waals surface area contributed by atoms with Gasteiger partial charge in [-0.25, -0.2) is 16.8 Å². The van der Waals surface area contributed by atoms with Gasteiger partial charge in [-0.3, -0.25) is 10.1 Å². The molecule has 15 heteroatoms. The average molecular weight is 542 g/mol. The Kier molecular flexibility index (Phi) is 8.76. The van der Waals surface area contributed by atoms with Gasteiger partial charge in [0.1, 0.15) is 9.79 Å². The van der Waals surface area contributed by atoms with Gasteiger partial charge in [0.2, 0.25) is 15.8 Å². The van der Waals surface area contributed by atoms with Crippen LogP contribution in [0.15, 0.2) is 40.1 Å². The van der Waals surface area contributed by atoms with Crippen LogP contribution in [0.3, 0.4) is 0 Å². The number of anilines is 1. The summed E-state index contributed by atoms with van der Waals surface area (Å²) in [4.78, 5) is 9.20. The van der Waals surface area contributed by atoms with Gasteiger partial charge in [-0.2, -0.15) is 4.31 Å². The molecule has 182 valence electrons. The third-order valence-corrected chi connectivity index (χ3v) is 8.10. The van der Waals surface area contributed by atoms with Crippen molar-refractivity contribution in [3.05, 3.63) is 45.5 Å². The van der Waals surface area contributed by atoms with E-state index in [9.17, 15) is 32.1 Å². The van der Waals surface area contributed by atoms with Gasteiger partial charge in [-0.05, 0) is 31.0 Å². The maximum absolute atomic E-state index is 12.3. The van der Waals surface area contributed by atoms with Crippen molar-refractivity contribution in [2.45, 2.75) is 29.1 Å². The number of benzene rings is 2. The van der Waals surface area contributed by atoms with Crippen molar-refractivity contribution >= 4 is 52.7 Å². The number of ether oxygens (including phenoxy) is 1. The van der Waals surface area contributed by atoms with E-state index in [2.05, 4.69) is 4.74 Å². The quantitative estimate of drug-likeness (QED) is 0.189. The van der Waals surface area contributed by atoms with Crippen LogP contribution in [0.25, 0.3) is 0 Å². The molecular weight excluding hydrogens is 521 g/mol. The lowest BCUT2D eigenvalue weighted by atomic mass is 10.2. The number of halogens is 2. The number of phenolic OH excluding ortho intramolecular Hbond substituents is 1. The van der Waals surface area contributed by atoms with E-state index >= 15 is 0 Å². The number of hydrogen-bond donors (Lipinski definition) is 2. The molecule has 0 spiro atoms. The largest absolute Gasteiger partial charge is 0.504 e. The second-order valence-corrected chi connectivity index (χ2v) is 11.7. The summed E-state index contributed by atoms with van der Waals surface area (Å²) in [5, 5.41) is 20.3. The molecule has 3 rings (SSSR count). The van der Waals surface area contributed by atoms with Gasteiger partial charge in [0.15, 0.2) is 5.75 Å². The van der Waals surface area contributed by atoms with Gasteiger partial charge >= 0.3 is 5.69 Å². The molecule has 1 aliphatic rings. The molecule has 3 N–H and O–H groups in total. The monoisotopic (exact) mass is 541 g/mol. The lowest BCUT2D eigenvalue weighted by molar-refractivity contribution is -0.386. The molecule has 0 aliphatic carbocycles. The maximum Gasteiger partial charge on any atom is 0.313 e. The zero-order chi connectivity index (χ0) is 25.0. The number of nitrogens with zero attached hydrogens (tertiary/aromatic N) is 2. The normalized spacial score (nSPS) is 14.8.